The zero-order valence-corrected chi connectivity index (χ0v) is 12.5. The highest BCUT2D eigenvalue weighted by Crippen LogP contribution is 2.26. The Morgan fingerprint density at radius 2 is 1.86 bits per heavy atom. The Morgan fingerprint density at radius 1 is 1.14 bits per heavy atom. The van der Waals surface area contributed by atoms with Gasteiger partial charge in [0.15, 0.2) is 0 Å². The highest BCUT2D eigenvalue weighted by atomic mass is 35.5. The number of nitrogens with zero attached hydrogens (tertiary/aromatic N) is 2. The van der Waals surface area contributed by atoms with E-state index in [0.29, 0.717) is 12.3 Å². The fourth-order valence-electron chi connectivity index (χ4n) is 2.68. The smallest absolute Gasteiger partial charge is 0.123 e. The van der Waals surface area contributed by atoms with E-state index in [-0.39, 0.29) is 11.9 Å². The van der Waals surface area contributed by atoms with Gasteiger partial charge in [0.2, 0.25) is 0 Å². The quantitative estimate of drug-likeness (QED) is 0.646. The Balaban J connectivity index is 2.13. The van der Waals surface area contributed by atoms with E-state index in [0.717, 1.165) is 22.4 Å². The highest BCUT2D eigenvalue weighted by molar-refractivity contribution is 6.17. The number of halogens is 2. The van der Waals surface area contributed by atoms with Crippen LogP contribution in [0.3, 0.4) is 0 Å². The summed E-state index contributed by atoms with van der Waals surface area (Å²) in [5.74, 6) is 1.27. The maximum absolute atomic E-state index is 13.1. The van der Waals surface area contributed by atoms with Crippen molar-refractivity contribution in [1.82, 2.24) is 9.55 Å². The molecule has 3 rings (SSSR count). The van der Waals surface area contributed by atoms with Crippen molar-refractivity contribution in [2.24, 2.45) is 0 Å². The average Bonchev–Trinajstić information content (AvgIpc) is 2.85. The Morgan fingerprint density at radius 3 is 2.57 bits per heavy atom. The maximum atomic E-state index is 13.1. The van der Waals surface area contributed by atoms with Crippen LogP contribution < -0.4 is 0 Å². The second-order valence-corrected chi connectivity index (χ2v) is 5.43. The third-order valence-corrected chi connectivity index (χ3v) is 3.92. The van der Waals surface area contributed by atoms with Crippen LogP contribution in [-0.4, -0.2) is 15.4 Å². The molecule has 0 saturated heterocycles. The number of aromatic nitrogens is 2. The second-order valence-electron chi connectivity index (χ2n) is 5.05. The SMILES string of the molecule is CC(c1ccc(F)cc1)n1c(CCCl)nc2ccccc21. The molecule has 0 amide bonds. The topological polar surface area (TPSA) is 17.8 Å². The fourth-order valence-corrected chi connectivity index (χ4v) is 2.85. The third kappa shape index (κ3) is 2.66. The lowest BCUT2D eigenvalue weighted by Crippen LogP contribution is -2.11. The average molecular weight is 303 g/mol. The molecular formula is C17H16ClFN2. The molecule has 2 aromatic carbocycles. The summed E-state index contributed by atoms with van der Waals surface area (Å²) in [6.07, 6.45) is 0.710. The van der Waals surface area contributed by atoms with E-state index >= 15 is 0 Å². The maximum Gasteiger partial charge on any atom is 0.123 e. The number of alkyl halides is 1. The van der Waals surface area contributed by atoms with Crippen molar-refractivity contribution >= 4 is 22.6 Å². The van der Waals surface area contributed by atoms with Gasteiger partial charge in [-0.2, -0.15) is 0 Å². The predicted molar refractivity (Wildman–Crippen MR) is 84.4 cm³/mol. The van der Waals surface area contributed by atoms with Gasteiger partial charge in [0.25, 0.3) is 0 Å². The van der Waals surface area contributed by atoms with Crippen LogP contribution in [0.25, 0.3) is 11.0 Å². The largest absolute Gasteiger partial charge is 0.321 e. The van der Waals surface area contributed by atoms with Crippen LogP contribution in [0.2, 0.25) is 0 Å². The second kappa shape index (κ2) is 5.86. The standard InChI is InChI=1S/C17H16ClFN2/c1-12(13-6-8-14(19)9-7-13)21-16-5-3-2-4-15(16)20-17(21)10-11-18/h2-9,12H,10-11H2,1H3. The molecule has 1 aromatic heterocycles. The van der Waals surface area contributed by atoms with E-state index in [1.165, 1.54) is 12.1 Å². The summed E-state index contributed by atoms with van der Waals surface area (Å²) in [5.41, 5.74) is 3.09. The minimum atomic E-state index is -0.220. The molecule has 0 spiro atoms. The Hall–Kier alpha value is -1.87. The monoisotopic (exact) mass is 302 g/mol. The fraction of sp³-hybridized carbons (Fsp3) is 0.235. The first kappa shape index (κ1) is 14.1. The third-order valence-electron chi connectivity index (χ3n) is 3.73. The summed E-state index contributed by atoms with van der Waals surface area (Å²) in [6.45, 7) is 2.10. The lowest BCUT2D eigenvalue weighted by Gasteiger charge is -2.18. The van der Waals surface area contributed by atoms with Gasteiger partial charge in [-0.3, -0.25) is 0 Å². The molecule has 0 N–H and O–H groups in total. The lowest BCUT2D eigenvalue weighted by molar-refractivity contribution is 0.609. The van der Waals surface area contributed by atoms with E-state index < -0.39 is 0 Å². The molecule has 0 aliphatic rings. The summed E-state index contributed by atoms with van der Waals surface area (Å²) < 4.78 is 15.3. The van der Waals surface area contributed by atoms with Crippen molar-refractivity contribution in [2.75, 3.05) is 5.88 Å². The molecule has 21 heavy (non-hydrogen) atoms. The van der Waals surface area contributed by atoms with Crippen molar-refractivity contribution in [1.29, 1.82) is 0 Å². The Kier molecular flexibility index (Phi) is 3.93. The van der Waals surface area contributed by atoms with Crippen LogP contribution in [0.5, 0.6) is 0 Å². The Bertz CT molecular complexity index is 749. The summed E-state index contributed by atoms with van der Waals surface area (Å²) in [4.78, 5) is 4.67. The molecule has 0 saturated carbocycles. The molecule has 1 heterocycles. The first-order chi connectivity index (χ1) is 10.2. The molecule has 0 radical (unpaired) electrons. The van der Waals surface area contributed by atoms with E-state index in [1.54, 1.807) is 0 Å². The summed E-state index contributed by atoms with van der Waals surface area (Å²) in [6, 6.07) is 14.7. The van der Waals surface area contributed by atoms with Gasteiger partial charge >= 0.3 is 0 Å². The van der Waals surface area contributed by atoms with Gasteiger partial charge < -0.3 is 4.57 Å². The van der Waals surface area contributed by atoms with Crippen LogP contribution in [0, 0.1) is 5.82 Å². The summed E-state index contributed by atoms with van der Waals surface area (Å²) >= 11 is 5.90. The molecule has 4 heteroatoms. The van der Waals surface area contributed by atoms with Crippen molar-refractivity contribution in [3.05, 3.63) is 65.7 Å². The number of aryl methyl sites for hydroxylation is 1. The first-order valence-electron chi connectivity index (χ1n) is 6.98. The van der Waals surface area contributed by atoms with Crippen LogP contribution in [0.4, 0.5) is 4.39 Å². The number of fused-ring (bicyclic) bond motifs is 1. The van der Waals surface area contributed by atoms with Crippen LogP contribution in [0.1, 0.15) is 24.4 Å². The van der Waals surface area contributed by atoms with Crippen molar-refractivity contribution in [3.8, 4) is 0 Å². The van der Waals surface area contributed by atoms with Crippen molar-refractivity contribution in [3.63, 3.8) is 0 Å². The Labute approximate surface area is 128 Å². The van der Waals surface area contributed by atoms with E-state index in [2.05, 4.69) is 22.5 Å². The molecule has 1 unspecified atom stereocenters. The minimum absolute atomic E-state index is 0.0798. The molecule has 0 aliphatic heterocycles. The number of para-hydroxylation sites is 2. The zero-order chi connectivity index (χ0) is 14.8. The molecular weight excluding hydrogens is 287 g/mol. The van der Waals surface area contributed by atoms with Gasteiger partial charge in [-0.25, -0.2) is 9.37 Å². The predicted octanol–water partition coefficient (Wildman–Crippen LogP) is 4.57. The summed E-state index contributed by atoms with van der Waals surface area (Å²) in [5, 5.41) is 0. The minimum Gasteiger partial charge on any atom is -0.321 e. The van der Waals surface area contributed by atoms with E-state index in [9.17, 15) is 4.39 Å². The van der Waals surface area contributed by atoms with E-state index in [1.807, 2.05) is 30.3 Å². The number of hydrogen-bond donors (Lipinski definition) is 0. The molecule has 0 fully saturated rings. The van der Waals surface area contributed by atoms with Gasteiger partial charge in [0, 0.05) is 12.3 Å². The molecule has 108 valence electrons. The molecule has 1 atom stereocenters. The van der Waals surface area contributed by atoms with Gasteiger partial charge in [-0.1, -0.05) is 24.3 Å². The number of benzene rings is 2. The lowest BCUT2D eigenvalue weighted by atomic mass is 10.1. The summed E-state index contributed by atoms with van der Waals surface area (Å²) in [7, 11) is 0. The van der Waals surface area contributed by atoms with E-state index in [4.69, 9.17) is 11.6 Å². The van der Waals surface area contributed by atoms with Gasteiger partial charge in [-0.15, -0.1) is 11.6 Å². The molecule has 2 nitrogen and oxygen atoms in total. The van der Waals surface area contributed by atoms with Gasteiger partial charge in [0.05, 0.1) is 17.1 Å². The normalized spacial score (nSPS) is 12.7. The number of hydrogen-bond acceptors (Lipinski definition) is 1. The molecule has 3 aromatic rings. The van der Waals surface area contributed by atoms with Crippen molar-refractivity contribution in [2.45, 2.75) is 19.4 Å². The zero-order valence-electron chi connectivity index (χ0n) is 11.8. The number of imidazole rings is 1. The van der Waals surface area contributed by atoms with Gasteiger partial charge in [-0.05, 0) is 36.8 Å². The van der Waals surface area contributed by atoms with Crippen LogP contribution in [0.15, 0.2) is 48.5 Å². The highest BCUT2D eigenvalue weighted by Gasteiger charge is 2.16. The first-order valence-corrected chi connectivity index (χ1v) is 7.51. The van der Waals surface area contributed by atoms with Gasteiger partial charge in [0.1, 0.15) is 11.6 Å². The van der Waals surface area contributed by atoms with Crippen molar-refractivity contribution < 1.29 is 4.39 Å². The molecule has 0 aliphatic carbocycles. The number of rotatable bonds is 4. The van der Waals surface area contributed by atoms with Crippen LogP contribution >= 0.6 is 11.6 Å². The molecule has 0 bridgehead atoms. The van der Waals surface area contributed by atoms with Crippen LogP contribution in [-0.2, 0) is 6.42 Å².